The van der Waals surface area contributed by atoms with Gasteiger partial charge in [-0.1, -0.05) is 23.8 Å². The van der Waals surface area contributed by atoms with Gasteiger partial charge < -0.3 is 4.98 Å². The van der Waals surface area contributed by atoms with Crippen molar-refractivity contribution in [3.05, 3.63) is 67.6 Å². The average Bonchev–Trinajstić information content (AvgIpc) is 2.42. The van der Waals surface area contributed by atoms with Gasteiger partial charge in [0.25, 0.3) is 5.56 Å². The van der Waals surface area contributed by atoms with E-state index in [9.17, 15) is 4.79 Å². The molecule has 100 valence electrons. The van der Waals surface area contributed by atoms with Crippen LogP contribution < -0.4 is 5.56 Å². The summed E-state index contributed by atoms with van der Waals surface area (Å²) in [6, 6.07) is 13.2. The van der Waals surface area contributed by atoms with Crippen LogP contribution in [-0.2, 0) is 0 Å². The number of hydrogen-bond acceptors (Lipinski definition) is 2. The molecule has 2 aromatic carbocycles. The second-order valence-electron chi connectivity index (χ2n) is 4.57. The van der Waals surface area contributed by atoms with E-state index in [2.05, 4.69) is 20.9 Å². The summed E-state index contributed by atoms with van der Waals surface area (Å²) in [7, 11) is 0. The molecule has 3 aromatic rings. The topological polar surface area (TPSA) is 37.8 Å². The normalized spacial score (nSPS) is 10.9. The third kappa shape index (κ3) is 2.13. The lowest BCUT2D eigenvalue weighted by Gasteiger charge is -2.10. The molecule has 0 fully saturated rings. The summed E-state index contributed by atoms with van der Waals surface area (Å²) < 4.78 is 2.73. The molecule has 0 spiro atoms. The van der Waals surface area contributed by atoms with Gasteiger partial charge in [-0.25, -0.2) is 0 Å². The number of benzene rings is 2. The van der Waals surface area contributed by atoms with Crippen molar-refractivity contribution < 1.29 is 0 Å². The number of fused-ring (bicyclic) bond motifs is 1. The van der Waals surface area contributed by atoms with Gasteiger partial charge in [0.15, 0.2) is 4.77 Å². The number of rotatable bonds is 1. The number of aromatic amines is 1. The third-order valence-corrected chi connectivity index (χ3v) is 4.10. The molecule has 0 unspecified atom stereocenters. The molecule has 5 heteroatoms. The monoisotopic (exact) mass is 346 g/mol. The van der Waals surface area contributed by atoms with Crippen molar-refractivity contribution >= 4 is 39.1 Å². The fourth-order valence-electron chi connectivity index (χ4n) is 2.18. The number of hydrogen-bond donors (Lipinski definition) is 1. The number of halogens is 1. The van der Waals surface area contributed by atoms with Crippen LogP contribution in [0.1, 0.15) is 5.56 Å². The number of aryl methyl sites for hydroxylation is 1. The summed E-state index contributed by atoms with van der Waals surface area (Å²) in [4.78, 5) is 15.8. The summed E-state index contributed by atoms with van der Waals surface area (Å²) >= 11 is 8.79. The first-order chi connectivity index (χ1) is 9.58. The highest BCUT2D eigenvalue weighted by Gasteiger charge is 2.09. The second-order valence-corrected chi connectivity index (χ2v) is 5.81. The zero-order valence-corrected chi connectivity index (χ0v) is 13.1. The average molecular weight is 347 g/mol. The standard InChI is InChI=1S/C15H11BrN2OS/c1-9-6-7-12-10(8-9)14(19)18(15(20)17-12)13-5-3-2-4-11(13)16/h2-8H,1H3,(H,17,20). The van der Waals surface area contributed by atoms with Gasteiger partial charge in [0, 0.05) is 4.47 Å². The molecular weight excluding hydrogens is 336 g/mol. The quantitative estimate of drug-likeness (QED) is 0.673. The van der Waals surface area contributed by atoms with Crippen LogP contribution >= 0.6 is 28.1 Å². The van der Waals surface area contributed by atoms with Gasteiger partial charge in [-0.05, 0) is 59.3 Å². The van der Waals surface area contributed by atoms with E-state index in [4.69, 9.17) is 12.2 Å². The van der Waals surface area contributed by atoms with Crippen LogP contribution in [0.5, 0.6) is 0 Å². The molecule has 3 nitrogen and oxygen atoms in total. The summed E-state index contributed by atoms with van der Waals surface area (Å²) in [5, 5.41) is 0.634. The predicted octanol–water partition coefficient (Wildman–Crippen LogP) is 4.12. The Morgan fingerprint density at radius 3 is 2.70 bits per heavy atom. The summed E-state index contributed by atoms with van der Waals surface area (Å²) in [6.45, 7) is 1.96. The van der Waals surface area contributed by atoms with E-state index in [0.29, 0.717) is 10.2 Å². The van der Waals surface area contributed by atoms with Crippen LogP contribution in [0.15, 0.2) is 51.7 Å². The Morgan fingerprint density at radius 1 is 1.20 bits per heavy atom. The van der Waals surface area contributed by atoms with Crippen LogP contribution in [-0.4, -0.2) is 9.55 Å². The zero-order chi connectivity index (χ0) is 14.3. The minimum atomic E-state index is -0.112. The van der Waals surface area contributed by atoms with E-state index in [1.54, 1.807) is 0 Å². The van der Waals surface area contributed by atoms with E-state index in [1.165, 1.54) is 4.57 Å². The van der Waals surface area contributed by atoms with Crippen molar-refractivity contribution in [1.82, 2.24) is 9.55 Å². The van der Waals surface area contributed by atoms with Gasteiger partial charge in [0.05, 0.1) is 16.6 Å². The fourth-order valence-corrected chi connectivity index (χ4v) is 2.93. The van der Waals surface area contributed by atoms with E-state index in [0.717, 1.165) is 21.2 Å². The van der Waals surface area contributed by atoms with Crippen molar-refractivity contribution in [3.8, 4) is 5.69 Å². The van der Waals surface area contributed by atoms with Gasteiger partial charge in [0.1, 0.15) is 0 Å². The van der Waals surface area contributed by atoms with E-state index < -0.39 is 0 Å². The van der Waals surface area contributed by atoms with Gasteiger partial charge in [-0.2, -0.15) is 0 Å². The summed E-state index contributed by atoms with van der Waals surface area (Å²) in [6.07, 6.45) is 0. The Morgan fingerprint density at radius 2 is 1.95 bits per heavy atom. The van der Waals surface area contributed by atoms with Crippen molar-refractivity contribution in [1.29, 1.82) is 0 Å². The summed E-state index contributed by atoms with van der Waals surface area (Å²) in [5.74, 6) is 0. The Hall–Kier alpha value is -1.72. The molecule has 0 amide bonds. The molecule has 0 atom stereocenters. The number of para-hydroxylation sites is 1. The molecule has 1 heterocycles. The molecule has 0 aliphatic heterocycles. The Bertz CT molecular complexity index is 927. The number of aromatic nitrogens is 2. The van der Waals surface area contributed by atoms with Gasteiger partial charge in [-0.3, -0.25) is 9.36 Å². The number of H-pyrrole nitrogens is 1. The van der Waals surface area contributed by atoms with Crippen LogP contribution in [0.2, 0.25) is 0 Å². The number of nitrogens with zero attached hydrogens (tertiary/aromatic N) is 1. The van der Waals surface area contributed by atoms with Crippen LogP contribution in [0.4, 0.5) is 0 Å². The van der Waals surface area contributed by atoms with Crippen LogP contribution in [0, 0.1) is 11.7 Å². The van der Waals surface area contributed by atoms with Crippen molar-refractivity contribution in [2.24, 2.45) is 0 Å². The highest BCUT2D eigenvalue weighted by molar-refractivity contribution is 9.10. The molecule has 3 rings (SSSR count). The zero-order valence-electron chi connectivity index (χ0n) is 10.7. The Labute approximate surface area is 129 Å². The first kappa shape index (κ1) is 13.3. The minimum Gasteiger partial charge on any atom is -0.331 e. The molecular formula is C15H11BrN2OS. The highest BCUT2D eigenvalue weighted by atomic mass is 79.9. The maximum atomic E-state index is 12.7. The molecule has 0 saturated heterocycles. The van der Waals surface area contributed by atoms with Gasteiger partial charge in [0.2, 0.25) is 0 Å². The van der Waals surface area contributed by atoms with Crippen LogP contribution in [0.3, 0.4) is 0 Å². The molecule has 20 heavy (non-hydrogen) atoms. The maximum Gasteiger partial charge on any atom is 0.266 e. The lowest BCUT2D eigenvalue weighted by Crippen LogP contribution is -2.20. The predicted molar refractivity (Wildman–Crippen MR) is 87.2 cm³/mol. The molecule has 0 radical (unpaired) electrons. The fraction of sp³-hybridized carbons (Fsp3) is 0.0667. The van der Waals surface area contributed by atoms with Gasteiger partial charge >= 0.3 is 0 Å². The SMILES string of the molecule is Cc1ccc2[nH]c(=S)n(-c3ccccc3Br)c(=O)c2c1. The minimum absolute atomic E-state index is 0.112. The molecule has 0 aliphatic carbocycles. The Kier molecular flexibility index (Phi) is 3.31. The first-order valence-electron chi connectivity index (χ1n) is 6.08. The molecule has 0 saturated carbocycles. The Balaban J connectivity index is 2.46. The number of nitrogens with one attached hydrogen (secondary N) is 1. The first-order valence-corrected chi connectivity index (χ1v) is 7.28. The largest absolute Gasteiger partial charge is 0.331 e. The van der Waals surface area contributed by atoms with Gasteiger partial charge in [-0.15, -0.1) is 0 Å². The molecule has 1 aromatic heterocycles. The van der Waals surface area contributed by atoms with E-state index in [-0.39, 0.29) is 5.56 Å². The molecule has 0 bridgehead atoms. The molecule has 1 N–H and O–H groups in total. The van der Waals surface area contributed by atoms with E-state index in [1.807, 2.05) is 49.4 Å². The molecule has 0 aliphatic rings. The van der Waals surface area contributed by atoms with Crippen molar-refractivity contribution in [2.75, 3.05) is 0 Å². The highest BCUT2D eigenvalue weighted by Crippen LogP contribution is 2.20. The lowest BCUT2D eigenvalue weighted by molar-refractivity contribution is 0.935. The van der Waals surface area contributed by atoms with Crippen LogP contribution in [0.25, 0.3) is 16.6 Å². The lowest BCUT2D eigenvalue weighted by atomic mass is 10.1. The second kappa shape index (κ2) is 5.00. The maximum absolute atomic E-state index is 12.7. The van der Waals surface area contributed by atoms with Crippen molar-refractivity contribution in [3.63, 3.8) is 0 Å². The van der Waals surface area contributed by atoms with E-state index >= 15 is 0 Å². The van der Waals surface area contributed by atoms with Crippen molar-refractivity contribution in [2.45, 2.75) is 6.92 Å². The third-order valence-electron chi connectivity index (χ3n) is 3.15. The summed E-state index contributed by atoms with van der Waals surface area (Å²) in [5.41, 5.74) is 2.43. The smallest absolute Gasteiger partial charge is 0.266 e.